The first-order chi connectivity index (χ1) is 8.61. The number of halogens is 1. The predicted octanol–water partition coefficient (Wildman–Crippen LogP) is 2.43. The van der Waals surface area contributed by atoms with Gasteiger partial charge in [-0.2, -0.15) is 0 Å². The van der Waals surface area contributed by atoms with Gasteiger partial charge in [-0.25, -0.2) is 4.39 Å². The SMILES string of the molecule is CNC(=O)c1cc(N)ccc1-c1cccc(F)c1. The average Bonchev–Trinajstić information content (AvgIpc) is 2.37. The summed E-state index contributed by atoms with van der Waals surface area (Å²) < 4.78 is 13.2. The second-order valence-electron chi connectivity index (χ2n) is 3.89. The van der Waals surface area contributed by atoms with Crippen molar-refractivity contribution in [2.75, 3.05) is 12.8 Å². The van der Waals surface area contributed by atoms with Crippen molar-refractivity contribution in [3.05, 3.63) is 53.8 Å². The molecule has 2 aromatic rings. The van der Waals surface area contributed by atoms with Gasteiger partial charge in [-0.3, -0.25) is 4.79 Å². The number of carbonyl (C=O) groups is 1. The van der Waals surface area contributed by atoms with Crippen LogP contribution in [0.15, 0.2) is 42.5 Å². The molecule has 0 atom stereocenters. The summed E-state index contributed by atoms with van der Waals surface area (Å²) in [5, 5.41) is 2.55. The van der Waals surface area contributed by atoms with Gasteiger partial charge in [0, 0.05) is 18.3 Å². The molecule has 92 valence electrons. The van der Waals surface area contributed by atoms with Gasteiger partial charge in [0.2, 0.25) is 0 Å². The number of rotatable bonds is 2. The lowest BCUT2D eigenvalue weighted by Crippen LogP contribution is -2.19. The predicted molar refractivity (Wildman–Crippen MR) is 69.6 cm³/mol. The van der Waals surface area contributed by atoms with Gasteiger partial charge in [0.15, 0.2) is 0 Å². The van der Waals surface area contributed by atoms with Crippen LogP contribution in [0, 0.1) is 5.82 Å². The summed E-state index contributed by atoms with van der Waals surface area (Å²) in [7, 11) is 1.54. The summed E-state index contributed by atoms with van der Waals surface area (Å²) in [6.07, 6.45) is 0. The fourth-order valence-corrected chi connectivity index (χ4v) is 1.79. The number of hydrogen-bond acceptors (Lipinski definition) is 2. The van der Waals surface area contributed by atoms with E-state index >= 15 is 0 Å². The van der Waals surface area contributed by atoms with E-state index in [9.17, 15) is 9.18 Å². The highest BCUT2D eigenvalue weighted by molar-refractivity contribution is 6.01. The largest absolute Gasteiger partial charge is 0.399 e. The lowest BCUT2D eigenvalue weighted by molar-refractivity contribution is 0.0964. The van der Waals surface area contributed by atoms with Crippen LogP contribution in [-0.4, -0.2) is 13.0 Å². The van der Waals surface area contributed by atoms with Crippen LogP contribution < -0.4 is 11.1 Å². The van der Waals surface area contributed by atoms with Crippen molar-refractivity contribution in [1.82, 2.24) is 5.32 Å². The maximum atomic E-state index is 13.2. The summed E-state index contributed by atoms with van der Waals surface area (Å²) in [6, 6.07) is 11.1. The van der Waals surface area contributed by atoms with Crippen LogP contribution in [0.1, 0.15) is 10.4 Å². The molecule has 0 aliphatic heterocycles. The van der Waals surface area contributed by atoms with E-state index in [2.05, 4.69) is 5.32 Å². The van der Waals surface area contributed by atoms with E-state index in [4.69, 9.17) is 5.73 Å². The van der Waals surface area contributed by atoms with E-state index in [-0.39, 0.29) is 11.7 Å². The Kier molecular flexibility index (Phi) is 3.28. The molecular weight excluding hydrogens is 231 g/mol. The minimum absolute atomic E-state index is 0.249. The monoisotopic (exact) mass is 244 g/mol. The second-order valence-corrected chi connectivity index (χ2v) is 3.89. The van der Waals surface area contributed by atoms with Gasteiger partial charge in [0.1, 0.15) is 5.82 Å². The summed E-state index contributed by atoms with van der Waals surface area (Å²) in [5.41, 5.74) is 7.90. The third-order valence-electron chi connectivity index (χ3n) is 2.65. The van der Waals surface area contributed by atoms with E-state index in [1.165, 1.54) is 12.1 Å². The van der Waals surface area contributed by atoms with Crippen LogP contribution in [0.5, 0.6) is 0 Å². The molecular formula is C14H13FN2O. The fraction of sp³-hybridized carbons (Fsp3) is 0.0714. The van der Waals surface area contributed by atoms with Gasteiger partial charge >= 0.3 is 0 Å². The Morgan fingerprint density at radius 3 is 2.67 bits per heavy atom. The Morgan fingerprint density at radius 2 is 2.00 bits per heavy atom. The smallest absolute Gasteiger partial charge is 0.251 e. The number of anilines is 1. The molecule has 0 bridgehead atoms. The zero-order chi connectivity index (χ0) is 13.1. The fourth-order valence-electron chi connectivity index (χ4n) is 1.79. The molecule has 3 N–H and O–H groups in total. The lowest BCUT2D eigenvalue weighted by Gasteiger charge is -2.09. The molecule has 0 spiro atoms. The summed E-state index contributed by atoms with van der Waals surface area (Å²) in [6.45, 7) is 0. The highest BCUT2D eigenvalue weighted by Gasteiger charge is 2.12. The van der Waals surface area contributed by atoms with Crippen molar-refractivity contribution in [3.8, 4) is 11.1 Å². The molecule has 1 amide bonds. The number of nitrogens with two attached hydrogens (primary N) is 1. The molecule has 0 aliphatic carbocycles. The van der Waals surface area contributed by atoms with Crippen LogP contribution in [0.2, 0.25) is 0 Å². The average molecular weight is 244 g/mol. The van der Waals surface area contributed by atoms with Gasteiger partial charge in [-0.1, -0.05) is 18.2 Å². The number of carbonyl (C=O) groups excluding carboxylic acids is 1. The van der Waals surface area contributed by atoms with Crippen molar-refractivity contribution >= 4 is 11.6 Å². The number of benzene rings is 2. The Hall–Kier alpha value is -2.36. The van der Waals surface area contributed by atoms with Gasteiger partial charge in [-0.15, -0.1) is 0 Å². The molecule has 18 heavy (non-hydrogen) atoms. The Morgan fingerprint density at radius 1 is 1.22 bits per heavy atom. The van der Waals surface area contributed by atoms with Crippen molar-refractivity contribution in [2.45, 2.75) is 0 Å². The van der Waals surface area contributed by atoms with Crippen molar-refractivity contribution in [2.24, 2.45) is 0 Å². The highest BCUT2D eigenvalue weighted by atomic mass is 19.1. The normalized spacial score (nSPS) is 10.1. The van der Waals surface area contributed by atoms with Gasteiger partial charge in [-0.05, 0) is 35.4 Å². The molecule has 2 rings (SSSR count). The molecule has 2 aromatic carbocycles. The lowest BCUT2D eigenvalue weighted by atomic mass is 9.98. The molecule has 0 unspecified atom stereocenters. The third-order valence-corrected chi connectivity index (χ3v) is 2.65. The van der Waals surface area contributed by atoms with E-state index < -0.39 is 0 Å². The van der Waals surface area contributed by atoms with Gasteiger partial charge < -0.3 is 11.1 Å². The topological polar surface area (TPSA) is 55.1 Å². The molecule has 0 saturated heterocycles. The summed E-state index contributed by atoms with van der Waals surface area (Å²) >= 11 is 0. The van der Waals surface area contributed by atoms with Crippen LogP contribution in [0.4, 0.5) is 10.1 Å². The molecule has 4 heteroatoms. The molecule has 3 nitrogen and oxygen atoms in total. The van der Waals surface area contributed by atoms with Crippen molar-refractivity contribution in [1.29, 1.82) is 0 Å². The highest BCUT2D eigenvalue weighted by Crippen LogP contribution is 2.26. The van der Waals surface area contributed by atoms with E-state index in [1.54, 1.807) is 37.4 Å². The Bertz CT molecular complexity index is 596. The zero-order valence-corrected chi connectivity index (χ0v) is 9.91. The number of hydrogen-bond donors (Lipinski definition) is 2. The third kappa shape index (κ3) is 2.32. The number of amides is 1. The maximum absolute atomic E-state index is 13.2. The van der Waals surface area contributed by atoms with Gasteiger partial charge in [0.05, 0.1) is 0 Å². The van der Waals surface area contributed by atoms with Crippen LogP contribution in [0.25, 0.3) is 11.1 Å². The van der Waals surface area contributed by atoms with Crippen LogP contribution in [0.3, 0.4) is 0 Å². The van der Waals surface area contributed by atoms with Gasteiger partial charge in [0.25, 0.3) is 5.91 Å². The second kappa shape index (κ2) is 4.87. The van der Waals surface area contributed by atoms with Crippen LogP contribution in [-0.2, 0) is 0 Å². The first-order valence-corrected chi connectivity index (χ1v) is 5.49. The minimum Gasteiger partial charge on any atom is -0.399 e. The van der Waals surface area contributed by atoms with Crippen molar-refractivity contribution < 1.29 is 9.18 Å². The van der Waals surface area contributed by atoms with E-state index in [0.717, 1.165) is 0 Å². The maximum Gasteiger partial charge on any atom is 0.251 e. The quantitative estimate of drug-likeness (QED) is 0.797. The van der Waals surface area contributed by atoms with Crippen molar-refractivity contribution in [3.63, 3.8) is 0 Å². The first kappa shape index (κ1) is 12.1. The van der Waals surface area contributed by atoms with Crippen LogP contribution >= 0.6 is 0 Å². The van der Waals surface area contributed by atoms with E-state index in [0.29, 0.717) is 22.4 Å². The first-order valence-electron chi connectivity index (χ1n) is 5.49. The number of nitrogens with one attached hydrogen (secondary N) is 1. The zero-order valence-electron chi connectivity index (χ0n) is 9.91. The number of nitrogen functional groups attached to an aromatic ring is 1. The Labute approximate surface area is 104 Å². The molecule has 0 fully saturated rings. The molecule has 0 radical (unpaired) electrons. The standard InChI is InChI=1S/C14H13FN2O/c1-17-14(18)13-8-11(16)5-6-12(13)9-3-2-4-10(15)7-9/h2-8H,16H2,1H3,(H,17,18). The summed E-state index contributed by atoms with van der Waals surface area (Å²) in [5.74, 6) is -0.589. The van der Waals surface area contributed by atoms with E-state index in [1.807, 2.05) is 0 Å². The molecule has 0 heterocycles. The Balaban J connectivity index is 2.60. The molecule has 0 saturated carbocycles. The summed E-state index contributed by atoms with van der Waals surface area (Å²) in [4.78, 5) is 11.8. The minimum atomic E-state index is -0.341. The molecule has 0 aliphatic rings. The molecule has 0 aromatic heterocycles.